The van der Waals surface area contributed by atoms with Gasteiger partial charge in [-0.05, 0) is 6.07 Å². The van der Waals surface area contributed by atoms with Crippen molar-refractivity contribution in [1.82, 2.24) is 25.1 Å². The predicted octanol–water partition coefficient (Wildman–Crippen LogP) is 2.83. The van der Waals surface area contributed by atoms with Gasteiger partial charge in [-0.15, -0.1) is 0 Å². The van der Waals surface area contributed by atoms with Gasteiger partial charge in [0.25, 0.3) is 0 Å². The molecule has 0 amide bonds. The largest absolute Gasteiger partial charge is 0.417 e. The highest BCUT2D eigenvalue weighted by Crippen LogP contribution is 2.31. The van der Waals surface area contributed by atoms with Crippen LogP contribution in [-0.2, 0) is 12.7 Å². The van der Waals surface area contributed by atoms with Crippen LogP contribution in [0.25, 0.3) is 5.82 Å². The van der Waals surface area contributed by atoms with E-state index in [1.54, 1.807) is 0 Å². The number of nitrogens with zero attached hydrogens (tertiary/aromatic N) is 4. The molecule has 2 rings (SSSR count). The number of hydrogen-bond acceptors (Lipinski definition) is 4. The summed E-state index contributed by atoms with van der Waals surface area (Å²) in [6, 6.07) is 1.05. The fraction of sp³-hybridized carbons (Fsp3) is 0.417. The van der Waals surface area contributed by atoms with Crippen LogP contribution >= 0.6 is 11.6 Å². The van der Waals surface area contributed by atoms with Gasteiger partial charge in [0.05, 0.1) is 17.1 Å². The van der Waals surface area contributed by atoms with Crippen LogP contribution in [0.5, 0.6) is 0 Å². The van der Waals surface area contributed by atoms with Crippen LogP contribution in [0, 0.1) is 0 Å². The Morgan fingerprint density at radius 2 is 2.05 bits per heavy atom. The first-order valence-electron chi connectivity index (χ1n) is 6.14. The second-order valence-corrected chi connectivity index (χ2v) is 5.06. The van der Waals surface area contributed by atoms with Crippen LogP contribution in [0.2, 0.25) is 5.02 Å². The minimum Gasteiger partial charge on any atom is -0.308 e. The van der Waals surface area contributed by atoms with E-state index in [0.717, 1.165) is 12.3 Å². The second kappa shape index (κ2) is 5.98. The Bertz CT molecular complexity index is 624. The molecule has 2 aromatic heterocycles. The molecule has 1 N–H and O–H groups in total. The molecular formula is C12H13ClF3N5. The maximum atomic E-state index is 12.6. The van der Waals surface area contributed by atoms with Crippen molar-refractivity contribution in [3.8, 4) is 5.82 Å². The van der Waals surface area contributed by atoms with Crippen LogP contribution in [0.4, 0.5) is 13.2 Å². The standard InChI is InChI=1S/C12H13ClF3N5/c1-7(2)17-5-10-19-6-20-21(10)11-9(13)3-8(4-18-11)12(14,15)16/h3-4,6-7,17H,5H2,1-2H3. The van der Waals surface area contributed by atoms with Gasteiger partial charge in [0, 0.05) is 12.2 Å². The zero-order valence-corrected chi connectivity index (χ0v) is 12.1. The number of alkyl halides is 3. The number of nitrogens with one attached hydrogen (secondary N) is 1. The van der Waals surface area contributed by atoms with Gasteiger partial charge in [-0.1, -0.05) is 25.4 Å². The van der Waals surface area contributed by atoms with Crippen molar-refractivity contribution >= 4 is 11.6 Å². The Morgan fingerprint density at radius 3 is 2.62 bits per heavy atom. The summed E-state index contributed by atoms with van der Waals surface area (Å²) in [6.45, 7) is 4.32. The summed E-state index contributed by atoms with van der Waals surface area (Å²) in [5.41, 5.74) is -0.904. The topological polar surface area (TPSA) is 55.6 Å². The van der Waals surface area contributed by atoms with E-state index in [1.807, 2.05) is 13.8 Å². The van der Waals surface area contributed by atoms with Crippen molar-refractivity contribution in [2.45, 2.75) is 32.6 Å². The third-order valence-electron chi connectivity index (χ3n) is 2.64. The average molecular weight is 320 g/mol. The Labute approximate surface area is 124 Å². The van der Waals surface area contributed by atoms with E-state index in [9.17, 15) is 13.2 Å². The summed E-state index contributed by atoms with van der Waals surface area (Å²) in [5, 5.41) is 6.96. The van der Waals surface area contributed by atoms with E-state index in [1.165, 1.54) is 11.0 Å². The molecule has 0 bridgehead atoms. The number of halogens is 4. The molecule has 0 aliphatic carbocycles. The maximum absolute atomic E-state index is 12.6. The summed E-state index contributed by atoms with van der Waals surface area (Å²) in [7, 11) is 0. The lowest BCUT2D eigenvalue weighted by Gasteiger charge is -2.11. The van der Waals surface area contributed by atoms with Crippen LogP contribution in [0.3, 0.4) is 0 Å². The molecule has 5 nitrogen and oxygen atoms in total. The normalized spacial score (nSPS) is 12.1. The molecular weight excluding hydrogens is 307 g/mol. The lowest BCUT2D eigenvalue weighted by Crippen LogP contribution is -2.24. The van der Waals surface area contributed by atoms with E-state index in [0.29, 0.717) is 12.4 Å². The Morgan fingerprint density at radius 1 is 1.33 bits per heavy atom. The van der Waals surface area contributed by atoms with Crippen molar-refractivity contribution < 1.29 is 13.2 Å². The van der Waals surface area contributed by atoms with Gasteiger partial charge in [-0.2, -0.15) is 23.0 Å². The fourth-order valence-electron chi connectivity index (χ4n) is 1.60. The average Bonchev–Trinajstić information content (AvgIpc) is 2.83. The summed E-state index contributed by atoms with van der Waals surface area (Å²) in [6.07, 6.45) is -2.46. The van der Waals surface area contributed by atoms with Crippen LogP contribution in [0.15, 0.2) is 18.6 Å². The SMILES string of the molecule is CC(C)NCc1ncnn1-c1ncc(C(F)(F)F)cc1Cl. The van der Waals surface area contributed by atoms with Crippen molar-refractivity contribution in [1.29, 1.82) is 0 Å². The van der Waals surface area contributed by atoms with Crippen molar-refractivity contribution in [2.24, 2.45) is 0 Å². The van der Waals surface area contributed by atoms with Gasteiger partial charge in [0.1, 0.15) is 12.2 Å². The first kappa shape index (κ1) is 15.7. The molecule has 9 heteroatoms. The van der Waals surface area contributed by atoms with Gasteiger partial charge in [0.2, 0.25) is 0 Å². The maximum Gasteiger partial charge on any atom is 0.417 e. The van der Waals surface area contributed by atoms with Gasteiger partial charge in [-0.3, -0.25) is 0 Å². The van der Waals surface area contributed by atoms with Gasteiger partial charge >= 0.3 is 6.18 Å². The van der Waals surface area contributed by atoms with E-state index in [2.05, 4.69) is 20.4 Å². The summed E-state index contributed by atoms with van der Waals surface area (Å²) in [5.74, 6) is 0.626. The fourth-order valence-corrected chi connectivity index (χ4v) is 1.85. The molecule has 0 spiro atoms. The monoisotopic (exact) mass is 319 g/mol. The molecule has 0 saturated carbocycles. The first-order valence-corrected chi connectivity index (χ1v) is 6.52. The summed E-state index contributed by atoms with van der Waals surface area (Å²) < 4.78 is 39.1. The Kier molecular flexibility index (Phi) is 4.48. The van der Waals surface area contributed by atoms with Crippen LogP contribution in [-0.4, -0.2) is 25.8 Å². The number of pyridine rings is 1. The zero-order chi connectivity index (χ0) is 15.6. The molecule has 2 aromatic rings. The molecule has 0 radical (unpaired) electrons. The van der Waals surface area contributed by atoms with Gasteiger partial charge in [-0.25, -0.2) is 9.97 Å². The quantitative estimate of drug-likeness (QED) is 0.941. The lowest BCUT2D eigenvalue weighted by molar-refractivity contribution is -0.137. The highest BCUT2D eigenvalue weighted by Gasteiger charge is 2.32. The van der Waals surface area contributed by atoms with Gasteiger partial charge in [0.15, 0.2) is 5.82 Å². The summed E-state index contributed by atoms with van der Waals surface area (Å²) in [4.78, 5) is 7.80. The zero-order valence-electron chi connectivity index (χ0n) is 11.3. The van der Waals surface area contributed by atoms with E-state index in [-0.39, 0.29) is 16.9 Å². The molecule has 21 heavy (non-hydrogen) atoms. The molecule has 0 aliphatic heterocycles. The molecule has 0 saturated heterocycles. The van der Waals surface area contributed by atoms with Gasteiger partial charge < -0.3 is 5.32 Å². The van der Waals surface area contributed by atoms with E-state index in [4.69, 9.17) is 11.6 Å². The lowest BCUT2D eigenvalue weighted by atomic mass is 10.3. The van der Waals surface area contributed by atoms with E-state index >= 15 is 0 Å². The molecule has 0 aromatic carbocycles. The minimum absolute atomic E-state index is 0.114. The van der Waals surface area contributed by atoms with Crippen molar-refractivity contribution in [3.63, 3.8) is 0 Å². The van der Waals surface area contributed by atoms with Crippen LogP contribution < -0.4 is 5.32 Å². The number of aromatic nitrogens is 4. The van der Waals surface area contributed by atoms with E-state index < -0.39 is 11.7 Å². The molecule has 114 valence electrons. The Balaban J connectivity index is 2.33. The molecule has 0 fully saturated rings. The number of rotatable bonds is 4. The second-order valence-electron chi connectivity index (χ2n) is 4.65. The highest BCUT2D eigenvalue weighted by molar-refractivity contribution is 6.32. The van der Waals surface area contributed by atoms with Crippen LogP contribution in [0.1, 0.15) is 25.2 Å². The van der Waals surface area contributed by atoms with Crippen molar-refractivity contribution in [2.75, 3.05) is 0 Å². The molecule has 0 unspecified atom stereocenters. The van der Waals surface area contributed by atoms with Crippen molar-refractivity contribution in [3.05, 3.63) is 35.0 Å². The number of hydrogen-bond donors (Lipinski definition) is 1. The third-order valence-corrected chi connectivity index (χ3v) is 2.91. The smallest absolute Gasteiger partial charge is 0.308 e. The Hall–Kier alpha value is -1.67. The minimum atomic E-state index is -4.49. The summed E-state index contributed by atoms with van der Waals surface area (Å²) >= 11 is 5.89. The third kappa shape index (κ3) is 3.70. The highest BCUT2D eigenvalue weighted by atomic mass is 35.5. The molecule has 2 heterocycles. The molecule has 0 aliphatic rings. The molecule has 0 atom stereocenters. The predicted molar refractivity (Wildman–Crippen MR) is 71.1 cm³/mol. The first-order chi connectivity index (χ1) is 9.79.